The molecule has 0 saturated heterocycles. The Labute approximate surface area is 294 Å². The first-order chi connectivity index (χ1) is 24.1. The molecular weight excluding hydrogens is 682 g/mol. The summed E-state index contributed by atoms with van der Waals surface area (Å²) in [5.41, 5.74) is 4.49. The second-order valence-electron chi connectivity index (χ2n) is 12.8. The molecule has 0 unspecified atom stereocenters. The first-order valence-corrected chi connectivity index (χ1v) is 17.6. The third-order valence-corrected chi connectivity index (χ3v) is 8.48. The zero-order valence-corrected chi connectivity index (χ0v) is 29.1. The van der Waals surface area contributed by atoms with Gasteiger partial charge >= 0.3 is 18.1 Å². The van der Waals surface area contributed by atoms with Gasteiger partial charge in [0.25, 0.3) is 0 Å². The molecule has 0 aliphatic carbocycles. The first kappa shape index (κ1) is 43.3. The van der Waals surface area contributed by atoms with Gasteiger partial charge in [-0.3, -0.25) is 9.59 Å². The molecule has 286 valence electrons. The van der Waals surface area contributed by atoms with E-state index in [1.807, 2.05) is 0 Å². The molecule has 51 heavy (non-hydrogen) atoms. The predicted molar refractivity (Wildman–Crippen MR) is 179 cm³/mol. The second-order valence-corrected chi connectivity index (χ2v) is 12.8. The number of nitrogens with two attached hydrogens (primary N) is 1. The van der Waals surface area contributed by atoms with Gasteiger partial charge in [0.1, 0.15) is 5.82 Å². The number of aromatic nitrogens is 2. The SMILES string of the molecule is CCCCCCCC/C=C\CCCCCCCC(=O)O.N[C@@H](CC(=O)N1CCn2c(C(F)(F)F)nc(C(=O)O)c2C1)Cc1cc(F)c(F)cc1F. The number of unbranched alkanes of at least 4 members (excludes halogenated alkanes) is 11. The van der Waals surface area contributed by atoms with Crippen molar-refractivity contribution in [3.63, 3.8) is 0 Å². The number of hydrogen-bond donors (Lipinski definition) is 3. The van der Waals surface area contributed by atoms with Crippen LogP contribution in [0.15, 0.2) is 24.3 Å². The van der Waals surface area contributed by atoms with Crippen LogP contribution in [0.3, 0.4) is 0 Å². The molecule has 9 nitrogen and oxygen atoms in total. The monoisotopic (exact) mass is 732 g/mol. The molecule has 1 aromatic carbocycles. The number of carbonyl (C=O) groups excluding carboxylic acids is 1. The molecule has 0 fully saturated rings. The Balaban J connectivity index is 0.000000392. The maximum atomic E-state index is 13.8. The lowest BCUT2D eigenvalue weighted by Gasteiger charge is -2.30. The summed E-state index contributed by atoms with van der Waals surface area (Å²) in [4.78, 5) is 38.4. The molecular formula is C36H50F6N4O5. The third kappa shape index (κ3) is 15.5. The van der Waals surface area contributed by atoms with E-state index in [4.69, 9.17) is 15.9 Å². The highest BCUT2D eigenvalue weighted by atomic mass is 19.4. The van der Waals surface area contributed by atoms with E-state index in [0.717, 1.165) is 17.7 Å². The lowest BCUT2D eigenvalue weighted by molar-refractivity contribution is -0.148. The topological polar surface area (TPSA) is 139 Å². The number of alkyl halides is 3. The second kappa shape index (κ2) is 22.1. The standard InChI is InChI=1S/C18H16F6N4O3.C18H34O2/c19-10-6-12(21)11(20)4-8(10)3-9(25)5-14(29)27-1-2-28-13(7-27)15(16(30)31)26-17(28)18(22,23)24;1-2-3-4-5-6-7-8-9-10-11-12-13-14-15-16-17-18(19)20/h4,6,9H,1-3,5,7,25H2,(H,30,31);9-10H,2-8,11-17H2,1H3,(H,19,20)/b;10-9-/t9-;/m1./s1. The average Bonchev–Trinajstić information content (AvgIpc) is 3.46. The zero-order chi connectivity index (χ0) is 38.0. The van der Waals surface area contributed by atoms with Gasteiger partial charge in [0.2, 0.25) is 11.7 Å². The lowest BCUT2D eigenvalue weighted by atomic mass is 10.0. The number of rotatable bonds is 20. The predicted octanol–water partition coefficient (Wildman–Crippen LogP) is 8.43. The zero-order valence-electron chi connectivity index (χ0n) is 29.1. The minimum absolute atomic E-state index is 0.156. The molecule has 4 N–H and O–H groups in total. The fraction of sp³-hybridized carbons (Fsp3) is 0.611. The van der Waals surface area contributed by atoms with Crippen LogP contribution in [0, 0.1) is 17.5 Å². The summed E-state index contributed by atoms with van der Waals surface area (Å²) in [6.45, 7) is 1.34. The Morgan fingerprint density at radius 1 is 0.863 bits per heavy atom. The number of benzene rings is 1. The van der Waals surface area contributed by atoms with Gasteiger partial charge in [-0.2, -0.15) is 13.2 Å². The van der Waals surface area contributed by atoms with Gasteiger partial charge in [-0.05, 0) is 50.2 Å². The maximum absolute atomic E-state index is 13.8. The summed E-state index contributed by atoms with van der Waals surface area (Å²) in [6.07, 6.45) is 15.7. The Kier molecular flexibility index (Phi) is 18.8. The van der Waals surface area contributed by atoms with E-state index in [-0.39, 0.29) is 37.2 Å². The number of hydrogen-bond acceptors (Lipinski definition) is 5. The summed E-state index contributed by atoms with van der Waals surface area (Å²) in [7, 11) is 0. The van der Waals surface area contributed by atoms with E-state index < -0.39 is 65.6 Å². The number of halogens is 6. The molecule has 1 aromatic heterocycles. The molecule has 1 aliphatic heterocycles. The average molecular weight is 733 g/mol. The van der Waals surface area contributed by atoms with Gasteiger partial charge in [0.05, 0.1) is 12.2 Å². The van der Waals surface area contributed by atoms with Crippen LogP contribution in [-0.2, 0) is 35.3 Å². The lowest BCUT2D eigenvalue weighted by Crippen LogP contribution is -2.42. The number of nitrogens with zero attached hydrogens (tertiary/aromatic N) is 3. The van der Waals surface area contributed by atoms with E-state index in [0.29, 0.717) is 23.1 Å². The number of carbonyl (C=O) groups is 3. The van der Waals surface area contributed by atoms with Crippen molar-refractivity contribution in [2.45, 2.75) is 135 Å². The molecule has 0 saturated carbocycles. The van der Waals surface area contributed by atoms with E-state index >= 15 is 0 Å². The van der Waals surface area contributed by atoms with Crippen molar-refractivity contribution in [2.75, 3.05) is 6.54 Å². The number of carboxylic acids is 2. The van der Waals surface area contributed by atoms with E-state index in [9.17, 15) is 40.7 Å². The van der Waals surface area contributed by atoms with Crippen molar-refractivity contribution < 1.29 is 50.9 Å². The van der Waals surface area contributed by atoms with Gasteiger partial charge in [0.15, 0.2) is 17.3 Å². The summed E-state index contributed by atoms with van der Waals surface area (Å²) >= 11 is 0. The molecule has 2 aromatic rings. The highest BCUT2D eigenvalue weighted by Gasteiger charge is 2.41. The molecule has 15 heteroatoms. The minimum atomic E-state index is -4.87. The number of fused-ring (bicyclic) bond motifs is 1. The van der Waals surface area contributed by atoms with E-state index in [1.165, 1.54) is 70.6 Å². The molecule has 1 atom stereocenters. The number of amides is 1. The molecule has 2 heterocycles. The van der Waals surface area contributed by atoms with Crippen molar-refractivity contribution in [2.24, 2.45) is 5.73 Å². The van der Waals surface area contributed by atoms with Gasteiger partial charge in [-0.25, -0.2) is 22.9 Å². The van der Waals surface area contributed by atoms with Crippen LogP contribution in [-0.4, -0.2) is 55.1 Å². The number of allylic oxidation sites excluding steroid dienone is 2. The first-order valence-electron chi connectivity index (χ1n) is 17.6. The van der Waals surface area contributed by atoms with Gasteiger partial charge in [0, 0.05) is 38.0 Å². The number of carboxylic acid groups (broad SMARTS) is 2. The quantitative estimate of drug-likeness (QED) is 0.0538. The maximum Gasteiger partial charge on any atom is 0.449 e. The van der Waals surface area contributed by atoms with Crippen LogP contribution >= 0.6 is 0 Å². The van der Waals surface area contributed by atoms with Crippen LogP contribution in [0.5, 0.6) is 0 Å². The van der Waals surface area contributed by atoms with Crippen LogP contribution in [0.1, 0.15) is 131 Å². The third-order valence-electron chi connectivity index (χ3n) is 8.48. The number of imidazole rings is 1. The van der Waals surface area contributed by atoms with Crippen LogP contribution in [0.25, 0.3) is 0 Å². The van der Waals surface area contributed by atoms with Crippen molar-refractivity contribution in [1.29, 1.82) is 0 Å². The summed E-state index contributed by atoms with van der Waals surface area (Å²) in [5, 5.41) is 17.7. The normalized spacial score (nSPS) is 13.5. The Hall–Kier alpha value is -3.88. The molecule has 1 amide bonds. The Morgan fingerprint density at radius 2 is 1.43 bits per heavy atom. The fourth-order valence-corrected chi connectivity index (χ4v) is 5.74. The van der Waals surface area contributed by atoms with E-state index in [1.54, 1.807) is 0 Å². The van der Waals surface area contributed by atoms with Gasteiger partial charge < -0.3 is 25.4 Å². The van der Waals surface area contributed by atoms with Crippen molar-refractivity contribution >= 4 is 17.8 Å². The highest BCUT2D eigenvalue weighted by molar-refractivity contribution is 5.87. The van der Waals surface area contributed by atoms with Crippen molar-refractivity contribution in [3.05, 3.63) is 64.5 Å². The van der Waals surface area contributed by atoms with Gasteiger partial charge in [-0.1, -0.05) is 70.4 Å². The van der Waals surface area contributed by atoms with Gasteiger partial charge in [-0.15, -0.1) is 0 Å². The number of aromatic carboxylic acids is 1. The Morgan fingerprint density at radius 3 is 2.00 bits per heavy atom. The molecule has 3 rings (SSSR count). The molecule has 0 bridgehead atoms. The summed E-state index contributed by atoms with van der Waals surface area (Å²) in [6, 6.07) is -0.00786. The van der Waals surface area contributed by atoms with Crippen molar-refractivity contribution in [1.82, 2.24) is 14.5 Å². The molecule has 0 spiro atoms. The highest BCUT2D eigenvalue weighted by Crippen LogP contribution is 2.32. The van der Waals surface area contributed by atoms with Crippen LogP contribution in [0.2, 0.25) is 0 Å². The Bertz CT molecular complexity index is 1450. The number of aliphatic carboxylic acids is 1. The fourth-order valence-electron chi connectivity index (χ4n) is 5.74. The van der Waals surface area contributed by atoms with Crippen molar-refractivity contribution in [3.8, 4) is 0 Å². The van der Waals surface area contributed by atoms with Crippen LogP contribution in [0.4, 0.5) is 26.3 Å². The summed E-state index contributed by atoms with van der Waals surface area (Å²) < 4.78 is 80.1. The molecule has 0 radical (unpaired) electrons. The smallest absolute Gasteiger partial charge is 0.449 e. The minimum Gasteiger partial charge on any atom is -0.481 e. The largest absolute Gasteiger partial charge is 0.481 e. The molecule has 1 aliphatic rings. The van der Waals surface area contributed by atoms with Crippen LogP contribution < -0.4 is 5.73 Å². The van der Waals surface area contributed by atoms with E-state index in [2.05, 4.69) is 24.1 Å². The summed E-state index contributed by atoms with van der Waals surface area (Å²) in [5.74, 6) is -7.99.